The number of halogens is 3. The molecule has 0 heterocycles. The number of hydrogen-bond donors (Lipinski definition) is 1. The fraction of sp³-hybridized carbons (Fsp3) is 0.500. The Morgan fingerprint density at radius 2 is 2.12 bits per heavy atom. The minimum atomic E-state index is -1.81. The second kappa shape index (κ2) is 2.94. The van der Waals surface area contributed by atoms with Crippen LogP contribution in [0.4, 0.5) is 9.28 Å². The van der Waals surface area contributed by atoms with E-state index in [-0.39, 0.29) is 0 Å². The molecule has 1 N–H and O–H groups in total. The van der Waals surface area contributed by atoms with Crippen LogP contribution in [0.3, 0.4) is 0 Å². The van der Waals surface area contributed by atoms with Gasteiger partial charge in [0.15, 0.2) is 0 Å². The minimum Gasteiger partial charge on any atom is -0.463 e. The molecule has 0 aromatic rings. The summed E-state index contributed by atoms with van der Waals surface area (Å²) < 4.78 is 11.6. The standard InChI is InChI=1S/C2H2Cl2FNO2/c3-1(4)6(5)2(7)8/h1H,(H,7,8). The summed E-state index contributed by atoms with van der Waals surface area (Å²) in [5, 5.41) is 7.02. The Morgan fingerprint density at radius 3 is 2.12 bits per heavy atom. The maximum Gasteiger partial charge on any atom is 0.438 e. The van der Waals surface area contributed by atoms with Gasteiger partial charge in [-0.2, -0.15) is 0 Å². The monoisotopic (exact) mass is 161 g/mol. The zero-order valence-corrected chi connectivity index (χ0v) is 5.03. The number of rotatable bonds is 1. The van der Waals surface area contributed by atoms with Crippen molar-refractivity contribution in [3.63, 3.8) is 0 Å². The van der Waals surface area contributed by atoms with Crippen molar-refractivity contribution >= 4 is 29.3 Å². The van der Waals surface area contributed by atoms with Crippen LogP contribution in [-0.4, -0.2) is 21.3 Å². The molecule has 0 aliphatic carbocycles. The lowest BCUT2D eigenvalue weighted by Crippen LogP contribution is -2.23. The Kier molecular flexibility index (Phi) is 2.86. The van der Waals surface area contributed by atoms with E-state index in [9.17, 15) is 9.28 Å². The van der Waals surface area contributed by atoms with E-state index in [0.717, 1.165) is 0 Å². The third-order valence-corrected chi connectivity index (χ3v) is 0.697. The Bertz CT molecular complexity index is 98.0. The second-order valence-electron chi connectivity index (χ2n) is 0.871. The van der Waals surface area contributed by atoms with Crippen LogP contribution < -0.4 is 0 Å². The van der Waals surface area contributed by atoms with Crippen LogP contribution in [0, 0.1) is 0 Å². The summed E-state index contributed by atoms with van der Waals surface area (Å²) in [6, 6.07) is 0. The first-order chi connectivity index (χ1) is 3.55. The number of alkyl halides is 2. The van der Waals surface area contributed by atoms with Crippen LogP contribution in [-0.2, 0) is 0 Å². The number of hydrogen-bond acceptors (Lipinski definition) is 1. The van der Waals surface area contributed by atoms with Crippen molar-refractivity contribution in [3.8, 4) is 0 Å². The van der Waals surface area contributed by atoms with Crippen LogP contribution in [0.2, 0.25) is 0 Å². The smallest absolute Gasteiger partial charge is 0.438 e. The molecule has 0 rings (SSSR count). The van der Waals surface area contributed by atoms with E-state index in [1.165, 1.54) is 0 Å². The summed E-state index contributed by atoms with van der Waals surface area (Å²) in [5.41, 5.74) is 0. The number of amides is 1. The van der Waals surface area contributed by atoms with Gasteiger partial charge in [0.1, 0.15) is 0 Å². The Labute approximate surface area is 54.5 Å². The molecule has 0 spiro atoms. The van der Waals surface area contributed by atoms with Gasteiger partial charge in [-0.05, 0) is 0 Å². The maximum absolute atomic E-state index is 11.6. The van der Waals surface area contributed by atoms with Crippen LogP contribution in [0.25, 0.3) is 0 Å². The summed E-state index contributed by atoms with van der Waals surface area (Å²) in [4.78, 5) is 7.88. The Balaban J connectivity index is 3.64. The van der Waals surface area contributed by atoms with Gasteiger partial charge < -0.3 is 5.11 Å². The number of carboxylic acid groups (broad SMARTS) is 1. The molecule has 0 radical (unpaired) electrons. The normalized spacial score (nSPS) is 9.50. The number of nitrogens with zero attached hydrogens (tertiary/aromatic N) is 1. The predicted molar refractivity (Wildman–Crippen MR) is 26.5 cm³/mol. The fourth-order valence-electron chi connectivity index (χ4n) is 0.0835. The van der Waals surface area contributed by atoms with Crippen molar-refractivity contribution in [3.05, 3.63) is 0 Å². The van der Waals surface area contributed by atoms with E-state index in [1.807, 2.05) is 0 Å². The Morgan fingerprint density at radius 1 is 1.75 bits per heavy atom. The van der Waals surface area contributed by atoms with Crippen molar-refractivity contribution in [2.75, 3.05) is 0 Å². The third kappa shape index (κ3) is 2.18. The highest BCUT2D eigenvalue weighted by Gasteiger charge is 2.17. The van der Waals surface area contributed by atoms with Gasteiger partial charge in [-0.25, -0.2) is 4.79 Å². The van der Waals surface area contributed by atoms with Crippen molar-refractivity contribution in [1.29, 1.82) is 0 Å². The average Bonchev–Trinajstić information content (AvgIpc) is 1.64. The van der Waals surface area contributed by atoms with Crippen LogP contribution in [0.1, 0.15) is 0 Å². The lowest BCUT2D eigenvalue weighted by atomic mass is 11.1. The molecule has 6 heteroatoms. The highest BCUT2D eigenvalue weighted by atomic mass is 35.5. The van der Waals surface area contributed by atoms with Gasteiger partial charge in [0.05, 0.1) is 0 Å². The molecule has 0 aromatic carbocycles. The summed E-state index contributed by atoms with van der Waals surface area (Å²) in [6.07, 6.45) is -1.81. The quantitative estimate of drug-likeness (QED) is 0.361. The summed E-state index contributed by atoms with van der Waals surface area (Å²) in [5.74, 6) is 0. The molecule has 0 fully saturated rings. The summed E-state index contributed by atoms with van der Waals surface area (Å²) in [6.45, 7) is 0. The largest absolute Gasteiger partial charge is 0.463 e. The van der Waals surface area contributed by atoms with Gasteiger partial charge in [0.2, 0.25) is 4.96 Å². The highest BCUT2D eigenvalue weighted by molar-refractivity contribution is 6.44. The first kappa shape index (κ1) is 7.78. The third-order valence-electron chi connectivity index (χ3n) is 0.354. The van der Waals surface area contributed by atoms with Crippen LogP contribution in [0.5, 0.6) is 0 Å². The SMILES string of the molecule is O=C(O)N(F)C(Cl)Cl. The summed E-state index contributed by atoms with van der Waals surface area (Å²) in [7, 11) is 0. The zero-order valence-electron chi connectivity index (χ0n) is 3.51. The van der Waals surface area contributed by atoms with Crippen molar-refractivity contribution in [1.82, 2.24) is 5.12 Å². The average molecular weight is 162 g/mol. The molecule has 0 aliphatic rings. The van der Waals surface area contributed by atoms with Crippen molar-refractivity contribution < 1.29 is 14.4 Å². The molecular weight excluding hydrogens is 160 g/mol. The van der Waals surface area contributed by atoms with Crippen LogP contribution >= 0.6 is 23.2 Å². The first-order valence-corrected chi connectivity index (χ1v) is 2.39. The van der Waals surface area contributed by atoms with E-state index < -0.39 is 16.2 Å². The molecule has 1 amide bonds. The van der Waals surface area contributed by atoms with Crippen molar-refractivity contribution in [2.45, 2.75) is 4.96 Å². The van der Waals surface area contributed by atoms with E-state index in [0.29, 0.717) is 0 Å². The lowest BCUT2D eigenvalue weighted by molar-refractivity contribution is 0.0388. The second-order valence-corrected chi connectivity index (χ2v) is 1.92. The van der Waals surface area contributed by atoms with Gasteiger partial charge in [-0.3, -0.25) is 0 Å². The molecule has 8 heavy (non-hydrogen) atoms. The van der Waals surface area contributed by atoms with E-state index in [1.54, 1.807) is 0 Å². The molecule has 48 valence electrons. The first-order valence-electron chi connectivity index (χ1n) is 1.52. The maximum atomic E-state index is 11.6. The fourth-order valence-corrected chi connectivity index (χ4v) is 0.250. The zero-order chi connectivity index (χ0) is 6.73. The van der Waals surface area contributed by atoms with E-state index in [2.05, 4.69) is 0 Å². The van der Waals surface area contributed by atoms with Gasteiger partial charge >= 0.3 is 6.09 Å². The Hall–Kier alpha value is -0.220. The molecule has 0 saturated heterocycles. The van der Waals surface area contributed by atoms with Gasteiger partial charge in [-0.15, -0.1) is 5.12 Å². The topological polar surface area (TPSA) is 40.5 Å². The lowest BCUT2D eigenvalue weighted by Gasteiger charge is -2.05. The van der Waals surface area contributed by atoms with Gasteiger partial charge in [0, 0.05) is 0 Å². The van der Waals surface area contributed by atoms with Crippen molar-refractivity contribution in [2.24, 2.45) is 0 Å². The molecule has 0 unspecified atom stereocenters. The minimum absolute atomic E-state index is 0.719. The van der Waals surface area contributed by atoms with E-state index >= 15 is 0 Å². The molecular formula is C2H2Cl2FNO2. The molecule has 0 bridgehead atoms. The van der Waals surface area contributed by atoms with E-state index in [4.69, 9.17) is 28.3 Å². The predicted octanol–water partition coefficient (Wildman–Crippen LogP) is 1.61. The van der Waals surface area contributed by atoms with Gasteiger partial charge in [-0.1, -0.05) is 27.7 Å². The van der Waals surface area contributed by atoms with Gasteiger partial charge in [0.25, 0.3) is 0 Å². The highest BCUT2D eigenvalue weighted by Crippen LogP contribution is 2.08. The number of carbonyl (C=O) groups is 1. The molecule has 0 saturated carbocycles. The summed E-state index contributed by atoms with van der Waals surface area (Å²) >= 11 is 9.52. The molecule has 0 aromatic heterocycles. The molecule has 0 aliphatic heterocycles. The van der Waals surface area contributed by atoms with Crippen LogP contribution in [0.15, 0.2) is 0 Å². The molecule has 0 atom stereocenters. The molecule has 3 nitrogen and oxygen atoms in total.